The van der Waals surface area contributed by atoms with E-state index in [1.807, 2.05) is 6.07 Å². The number of ether oxygens (including phenoxy) is 1. The monoisotopic (exact) mass is 566 g/mol. The molecule has 10 heteroatoms. The van der Waals surface area contributed by atoms with E-state index >= 15 is 4.39 Å². The normalized spacial score (nSPS) is 17.1. The van der Waals surface area contributed by atoms with E-state index in [2.05, 4.69) is 9.83 Å². The molecular formula is C32H18F4N4O2. The first-order valence-corrected chi connectivity index (χ1v) is 12.9. The molecule has 7 rings (SSSR count). The van der Waals surface area contributed by atoms with Crippen LogP contribution in [0.4, 0.5) is 28.9 Å². The summed E-state index contributed by atoms with van der Waals surface area (Å²) in [5, 5.41) is 10.9. The first-order chi connectivity index (χ1) is 20.3. The van der Waals surface area contributed by atoms with E-state index in [9.17, 15) is 18.3 Å². The van der Waals surface area contributed by atoms with Crippen molar-refractivity contribution < 1.29 is 27.4 Å². The van der Waals surface area contributed by atoms with Gasteiger partial charge in [0, 0.05) is 40.3 Å². The van der Waals surface area contributed by atoms with Crippen molar-refractivity contribution in [1.29, 1.82) is 0 Å². The minimum Gasteiger partial charge on any atom is -0.506 e. The molecule has 0 saturated heterocycles. The number of hydrogen-bond acceptors (Lipinski definition) is 5. The molecule has 2 aliphatic rings. The number of benzene rings is 4. The van der Waals surface area contributed by atoms with Gasteiger partial charge in [0.25, 0.3) is 0 Å². The maximum absolute atomic E-state index is 15.2. The zero-order chi connectivity index (χ0) is 29.1. The zero-order valence-electron chi connectivity index (χ0n) is 21.5. The van der Waals surface area contributed by atoms with Crippen molar-refractivity contribution in [3.63, 3.8) is 0 Å². The molecular weight excluding hydrogens is 548 g/mol. The first kappa shape index (κ1) is 25.5. The van der Waals surface area contributed by atoms with Gasteiger partial charge in [0.15, 0.2) is 29.0 Å². The van der Waals surface area contributed by atoms with Crippen LogP contribution in [0.25, 0.3) is 15.7 Å². The fourth-order valence-electron chi connectivity index (χ4n) is 5.66. The number of aliphatic imine (C=N–C) groups is 1. The van der Waals surface area contributed by atoms with E-state index in [0.717, 1.165) is 5.39 Å². The number of phenols is 1. The highest BCUT2D eigenvalue weighted by atomic mass is 19.2. The van der Waals surface area contributed by atoms with Crippen LogP contribution in [0.5, 0.6) is 17.4 Å². The van der Waals surface area contributed by atoms with E-state index in [1.165, 1.54) is 6.07 Å². The number of amidine groups is 1. The number of nitrogens with zero attached hydrogens (tertiary/aromatic N) is 4. The fourth-order valence-corrected chi connectivity index (χ4v) is 5.66. The summed E-state index contributed by atoms with van der Waals surface area (Å²) in [6, 6.07) is 20.1. The molecule has 5 aromatic rings. The lowest BCUT2D eigenvalue weighted by Crippen LogP contribution is -2.32. The van der Waals surface area contributed by atoms with Gasteiger partial charge < -0.3 is 14.7 Å². The number of fused-ring (bicyclic) bond motifs is 4. The van der Waals surface area contributed by atoms with Crippen molar-refractivity contribution in [3.05, 3.63) is 130 Å². The summed E-state index contributed by atoms with van der Waals surface area (Å²) >= 11 is 0. The predicted molar refractivity (Wildman–Crippen MR) is 148 cm³/mol. The number of phenolic OH excluding ortho intramolecular Hbond substituents is 1. The van der Waals surface area contributed by atoms with Crippen LogP contribution in [-0.2, 0) is 6.42 Å². The molecule has 1 aliphatic heterocycles. The minimum atomic E-state index is -1.87. The van der Waals surface area contributed by atoms with E-state index in [4.69, 9.17) is 16.3 Å². The standard InChI is InChI=1S/C32H18F4N4O2/c1-37-18-9-11-19(12-10-18)40-31-22(15-21-25(31)27(34)29(36)28(35)26(21)33)38-32(40)17-5-2-6-20(14-17)42-24-13-8-16-4-3-7-23(41)30(16)39-24/h2-14,22,31,41H,15H2/t22-,31-/m0/s1. The second-order valence-electron chi connectivity index (χ2n) is 9.94. The Kier molecular flexibility index (Phi) is 5.83. The van der Waals surface area contributed by atoms with Crippen molar-refractivity contribution in [3.8, 4) is 17.4 Å². The third kappa shape index (κ3) is 3.93. The maximum Gasteiger partial charge on any atom is 0.219 e. The lowest BCUT2D eigenvalue weighted by Gasteiger charge is -2.29. The lowest BCUT2D eigenvalue weighted by molar-refractivity contribution is 0.400. The summed E-state index contributed by atoms with van der Waals surface area (Å²) < 4.78 is 64.5. The molecule has 2 atom stereocenters. The van der Waals surface area contributed by atoms with Crippen molar-refractivity contribution in [2.45, 2.75) is 18.5 Å². The van der Waals surface area contributed by atoms with Crippen LogP contribution in [0.15, 0.2) is 83.9 Å². The average Bonchev–Trinajstić information content (AvgIpc) is 3.56. The van der Waals surface area contributed by atoms with Gasteiger partial charge in [0.05, 0.1) is 18.7 Å². The van der Waals surface area contributed by atoms with Crippen molar-refractivity contribution in [2.75, 3.05) is 4.90 Å². The number of para-hydroxylation sites is 1. The van der Waals surface area contributed by atoms with Gasteiger partial charge >= 0.3 is 0 Å². The van der Waals surface area contributed by atoms with Gasteiger partial charge in [-0.25, -0.2) is 27.4 Å². The van der Waals surface area contributed by atoms with Crippen molar-refractivity contribution in [1.82, 2.24) is 4.98 Å². The lowest BCUT2D eigenvalue weighted by atomic mass is 10.0. The second-order valence-corrected chi connectivity index (χ2v) is 9.94. The van der Waals surface area contributed by atoms with Gasteiger partial charge in [-0.3, -0.25) is 4.99 Å². The zero-order valence-corrected chi connectivity index (χ0v) is 21.5. The Morgan fingerprint density at radius 3 is 2.43 bits per heavy atom. The molecule has 206 valence electrons. The molecule has 4 aromatic carbocycles. The Bertz CT molecular complexity index is 1990. The molecule has 1 aromatic heterocycles. The molecule has 0 saturated carbocycles. The summed E-state index contributed by atoms with van der Waals surface area (Å²) in [5.41, 5.74) is 1.29. The van der Waals surface area contributed by atoms with E-state index < -0.39 is 35.4 Å². The first-order valence-electron chi connectivity index (χ1n) is 12.9. The van der Waals surface area contributed by atoms with Gasteiger partial charge in [-0.1, -0.05) is 36.4 Å². The number of aromatic hydroxyl groups is 1. The third-order valence-corrected chi connectivity index (χ3v) is 7.52. The summed E-state index contributed by atoms with van der Waals surface area (Å²) in [7, 11) is 0. The van der Waals surface area contributed by atoms with Crippen LogP contribution in [0.2, 0.25) is 0 Å². The number of rotatable bonds is 4. The van der Waals surface area contributed by atoms with Crippen LogP contribution in [-0.4, -0.2) is 22.0 Å². The van der Waals surface area contributed by atoms with Gasteiger partial charge in [-0.2, -0.15) is 0 Å². The van der Waals surface area contributed by atoms with Gasteiger partial charge in [-0.15, -0.1) is 0 Å². The highest BCUT2D eigenvalue weighted by molar-refractivity contribution is 6.12. The van der Waals surface area contributed by atoms with E-state index in [0.29, 0.717) is 34.0 Å². The fraction of sp³-hybridized carbons (Fsp3) is 0.0938. The number of aromatic nitrogens is 1. The van der Waals surface area contributed by atoms with Crippen LogP contribution in [0.1, 0.15) is 22.7 Å². The predicted octanol–water partition coefficient (Wildman–Crippen LogP) is 7.77. The molecule has 42 heavy (non-hydrogen) atoms. The van der Waals surface area contributed by atoms with Gasteiger partial charge in [-0.05, 0) is 36.4 Å². The summed E-state index contributed by atoms with van der Waals surface area (Å²) in [6.07, 6.45) is -0.124. The Labute approximate surface area is 236 Å². The van der Waals surface area contributed by atoms with Crippen LogP contribution < -0.4 is 9.64 Å². The molecule has 0 radical (unpaired) electrons. The summed E-state index contributed by atoms with van der Waals surface area (Å²) in [5.74, 6) is -5.55. The average molecular weight is 567 g/mol. The molecule has 2 heterocycles. The topological polar surface area (TPSA) is 62.3 Å². The third-order valence-electron chi connectivity index (χ3n) is 7.52. The molecule has 1 N–H and O–H groups in total. The van der Waals surface area contributed by atoms with E-state index in [-0.39, 0.29) is 29.2 Å². The molecule has 1 aliphatic carbocycles. The van der Waals surface area contributed by atoms with E-state index in [1.54, 1.807) is 71.6 Å². The highest BCUT2D eigenvalue weighted by Gasteiger charge is 2.48. The van der Waals surface area contributed by atoms with Crippen molar-refractivity contribution >= 4 is 28.1 Å². The highest BCUT2D eigenvalue weighted by Crippen LogP contribution is 2.48. The van der Waals surface area contributed by atoms with Gasteiger partial charge in [0.1, 0.15) is 22.9 Å². The Morgan fingerprint density at radius 2 is 1.64 bits per heavy atom. The number of anilines is 1. The largest absolute Gasteiger partial charge is 0.506 e. The quantitative estimate of drug-likeness (QED) is 0.105. The maximum atomic E-state index is 15.2. The van der Waals surface area contributed by atoms with Crippen LogP contribution in [0.3, 0.4) is 0 Å². The summed E-state index contributed by atoms with van der Waals surface area (Å²) in [6.45, 7) is 7.27. The number of hydrogen-bond donors (Lipinski definition) is 1. The molecule has 0 fully saturated rings. The SMILES string of the molecule is [C-]#[N+]c1ccc(N2C(c3cccc(Oc4ccc5cccc(O)c5n4)c3)=N[C@H]3Cc4c(F)c(F)c(F)c(F)c4[C@H]32)cc1. The second kappa shape index (κ2) is 9.59. The molecule has 0 spiro atoms. The number of pyridine rings is 1. The molecule has 6 nitrogen and oxygen atoms in total. The smallest absolute Gasteiger partial charge is 0.219 e. The number of halogens is 4. The summed E-state index contributed by atoms with van der Waals surface area (Å²) in [4.78, 5) is 14.2. The van der Waals surface area contributed by atoms with Crippen molar-refractivity contribution in [2.24, 2.45) is 4.99 Å². The molecule has 0 amide bonds. The molecule has 0 unspecified atom stereocenters. The Hall–Kier alpha value is -5.43. The Balaban J connectivity index is 1.31. The van der Waals surface area contributed by atoms with Crippen LogP contribution in [0, 0.1) is 29.8 Å². The minimum absolute atomic E-state index is 0.0127. The van der Waals surface area contributed by atoms with Crippen LogP contribution >= 0.6 is 0 Å². The van der Waals surface area contributed by atoms with Gasteiger partial charge in [0.2, 0.25) is 5.88 Å². The Morgan fingerprint density at radius 1 is 0.881 bits per heavy atom. The molecule has 0 bridgehead atoms.